The summed E-state index contributed by atoms with van der Waals surface area (Å²) in [5.41, 5.74) is 1.88. The molecule has 0 fully saturated rings. The van der Waals surface area contributed by atoms with Crippen molar-refractivity contribution in [3.05, 3.63) is 47.3 Å². The second-order valence-electron chi connectivity index (χ2n) is 7.95. The maximum absolute atomic E-state index is 13.2. The van der Waals surface area contributed by atoms with Crippen LogP contribution in [0.4, 0.5) is 0 Å². The number of rotatable bonds is 5. The Kier molecular flexibility index (Phi) is 5.53. The highest BCUT2D eigenvalue weighted by atomic mass is 16.1. The van der Waals surface area contributed by atoms with E-state index in [1.807, 2.05) is 25.1 Å². The van der Waals surface area contributed by atoms with Gasteiger partial charge in [-0.1, -0.05) is 13.8 Å². The Morgan fingerprint density at radius 2 is 2.17 bits per heavy atom. The molecule has 2 N–H and O–H groups in total. The Balaban J connectivity index is 1.65. The van der Waals surface area contributed by atoms with Gasteiger partial charge in [0.1, 0.15) is 5.82 Å². The Morgan fingerprint density at radius 3 is 3.00 bits per heavy atom. The molecule has 0 saturated carbocycles. The fourth-order valence-electron chi connectivity index (χ4n) is 3.81. The van der Waals surface area contributed by atoms with Gasteiger partial charge in [-0.25, -0.2) is 9.97 Å². The van der Waals surface area contributed by atoms with Gasteiger partial charge in [-0.15, -0.1) is 10.2 Å². The molecule has 3 aromatic heterocycles. The Labute approximate surface area is 170 Å². The number of hydrogen-bond acceptors (Lipinski definition) is 6. The number of carbonyl (C=O) groups excluding carboxylic acids is 1. The second kappa shape index (κ2) is 8.24. The highest BCUT2D eigenvalue weighted by Gasteiger charge is 2.26. The summed E-state index contributed by atoms with van der Waals surface area (Å²) in [6.45, 7) is 8.72. The van der Waals surface area contributed by atoms with E-state index in [0.717, 1.165) is 49.5 Å². The van der Waals surface area contributed by atoms with Gasteiger partial charge < -0.3 is 15.2 Å². The van der Waals surface area contributed by atoms with Crippen molar-refractivity contribution in [2.45, 2.75) is 46.2 Å². The van der Waals surface area contributed by atoms with Crippen LogP contribution in [-0.2, 0) is 13.0 Å². The zero-order valence-electron chi connectivity index (χ0n) is 17.1. The third kappa shape index (κ3) is 4.12. The van der Waals surface area contributed by atoms with Crippen LogP contribution in [0.3, 0.4) is 0 Å². The molecule has 0 spiro atoms. The van der Waals surface area contributed by atoms with Gasteiger partial charge in [0.15, 0.2) is 11.5 Å². The van der Waals surface area contributed by atoms with E-state index >= 15 is 0 Å². The number of pyridine rings is 2. The van der Waals surface area contributed by atoms with Crippen molar-refractivity contribution < 1.29 is 4.79 Å². The monoisotopic (exact) mass is 393 g/mol. The smallest absolute Gasteiger partial charge is 0.253 e. The quantitative estimate of drug-likeness (QED) is 0.690. The van der Waals surface area contributed by atoms with Crippen LogP contribution in [0.2, 0.25) is 0 Å². The Morgan fingerprint density at radius 1 is 1.31 bits per heavy atom. The first-order chi connectivity index (χ1) is 14.0. The third-order valence-corrected chi connectivity index (χ3v) is 5.24. The maximum atomic E-state index is 13.2. The molecule has 3 aromatic rings. The van der Waals surface area contributed by atoms with Crippen molar-refractivity contribution in [3.8, 4) is 0 Å². The molecule has 0 saturated heterocycles. The third-order valence-electron chi connectivity index (χ3n) is 5.24. The number of aryl methyl sites for hydroxylation is 1. The molecule has 8 nitrogen and oxygen atoms in total. The predicted octanol–water partition coefficient (Wildman–Crippen LogP) is 2.19. The summed E-state index contributed by atoms with van der Waals surface area (Å²) in [5.74, 6) is 2.06. The normalized spacial score (nSPS) is 15.2. The van der Waals surface area contributed by atoms with Crippen LogP contribution in [0.5, 0.6) is 0 Å². The number of amides is 1. The second-order valence-corrected chi connectivity index (χ2v) is 7.95. The average Bonchev–Trinajstić information content (AvgIpc) is 2.94. The number of fused-ring (bicyclic) bond motifs is 2. The summed E-state index contributed by atoms with van der Waals surface area (Å²) in [6, 6.07) is 5.43. The van der Waals surface area contributed by atoms with E-state index in [1.165, 1.54) is 0 Å². The van der Waals surface area contributed by atoms with E-state index < -0.39 is 0 Å². The van der Waals surface area contributed by atoms with Crippen LogP contribution >= 0.6 is 0 Å². The zero-order valence-corrected chi connectivity index (χ0v) is 17.1. The number of hydrogen-bond donors (Lipinski definition) is 2. The first-order valence-electron chi connectivity index (χ1n) is 10.2. The van der Waals surface area contributed by atoms with Gasteiger partial charge in [-0.2, -0.15) is 0 Å². The predicted molar refractivity (Wildman–Crippen MR) is 111 cm³/mol. The summed E-state index contributed by atoms with van der Waals surface area (Å²) in [7, 11) is 0. The largest absolute Gasteiger partial charge is 0.342 e. The van der Waals surface area contributed by atoms with Gasteiger partial charge in [-0.05, 0) is 37.5 Å². The van der Waals surface area contributed by atoms with E-state index in [9.17, 15) is 4.79 Å². The molecule has 0 unspecified atom stereocenters. The summed E-state index contributed by atoms with van der Waals surface area (Å²) >= 11 is 0. The highest BCUT2D eigenvalue weighted by Crippen LogP contribution is 2.23. The van der Waals surface area contributed by atoms with Crippen LogP contribution in [0, 0.1) is 12.8 Å². The molecule has 1 aliphatic heterocycles. The molecule has 1 atom stereocenters. The summed E-state index contributed by atoms with van der Waals surface area (Å²) in [4.78, 5) is 22.0. The lowest BCUT2D eigenvalue weighted by atomic mass is 10.0. The molecule has 0 radical (unpaired) electrons. The molecule has 8 heteroatoms. The van der Waals surface area contributed by atoms with Crippen molar-refractivity contribution in [1.29, 1.82) is 0 Å². The fourth-order valence-corrected chi connectivity index (χ4v) is 3.81. The Bertz CT molecular complexity index is 1030. The molecule has 1 amide bonds. The van der Waals surface area contributed by atoms with E-state index in [4.69, 9.17) is 0 Å². The molecule has 0 aromatic carbocycles. The minimum atomic E-state index is -0.203. The van der Waals surface area contributed by atoms with Crippen molar-refractivity contribution in [2.75, 3.05) is 13.1 Å². The van der Waals surface area contributed by atoms with Gasteiger partial charge in [0.2, 0.25) is 0 Å². The van der Waals surface area contributed by atoms with Crippen LogP contribution < -0.4 is 10.6 Å². The first-order valence-corrected chi connectivity index (χ1v) is 10.2. The molecule has 152 valence electrons. The summed E-state index contributed by atoms with van der Waals surface area (Å²) < 4.78 is 2.16. The number of aromatic nitrogens is 5. The van der Waals surface area contributed by atoms with Crippen molar-refractivity contribution >= 4 is 16.9 Å². The Hall–Kier alpha value is -2.87. The van der Waals surface area contributed by atoms with Gasteiger partial charge in [0.05, 0.1) is 17.3 Å². The van der Waals surface area contributed by atoms with E-state index in [-0.39, 0.29) is 11.9 Å². The van der Waals surface area contributed by atoms with E-state index in [2.05, 4.69) is 49.2 Å². The van der Waals surface area contributed by atoms with Gasteiger partial charge >= 0.3 is 0 Å². The molecule has 4 rings (SSSR count). The zero-order chi connectivity index (χ0) is 20.4. The van der Waals surface area contributed by atoms with Gasteiger partial charge in [-0.3, -0.25) is 4.79 Å². The van der Waals surface area contributed by atoms with E-state index in [0.29, 0.717) is 22.8 Å². The van der Waals surface area contributed by atoms with Crippen LogP contribution in [0.25, 0.3) is 11.0 Å². The van der Waals surface area contributed by atoms with E-state index in [1.54, 1.807) is 6.20 Å². The molecule has 4 heterocycles. The topological polar surface area (TPSA) is 97.6 Å². The lowest BCUT2D eigenvalue weighted by Gasteiger charge is -2.21. The maximum Gasteiger partial charge on any atom is 0.253 e. The summed E-state index contributed by atoms with van der Waals surface area (Å²) in [5, 5.41) is 16.3. The molecule has 0 aliphatic carbocycles. The molecule has 29 heavy (non-hydrogen) atoms. The highest BCUT2D eigenvalue weighted by molar-refractivity contribution is 5.98. The minimum Gasteiger partial charge on any atom is -0.342 e. The average molecular weight is 393 g/mol. The fraction of sp³-hybridized carbons (Fsp3) is 0.476. The lowest BCUT2D eigenvalue weighted by Crippen LogP contribution is -2.32. The molecular weight excluding hydrogens is 366 g/mol. The van der Waals surface area contributed by atoms with Gasteiger partial charge in [0.25, 0.3) is 5.91 Å². The SMILES string of the molecule is Cc1nc2ncccc2cc1C(=O)N[C@H](CC(C)C)c1nnc2n1CCNCC2. The standard InChI is InChI=1S/C21H27N7O/c1-13(2)11-17(20-27-26-18-6-8-22-9-10-28(18)20)25-21(29)16-12-15-5-4-7-23-19(15)24-14(16)3/h4-5,7,12-13,17,22H,6,8-11H2,1-3H3,(H,25,29)/t17-/m1/s1. The van der Waals surface area contributed by atoms with Crippen molar-refractivity contribution in [3.63, 3.8) is 0 Å². The molecule has 1 aliphatic rings. The van der Waals surface area contributed by atoms with Crippen LogP contribution in [0.15, 0.2) is 24.4 Å². The number of carbonyl (C=O) groups is 1. The lowest BCUT2D eigenvalue weighted by molar-refractivity contribution is 0.0928. The number of nitrogens with one attached hydrogen (secondary N) is 2. The molecule has 0 bridgehead atoms. The van der Waals surface area contributed by atoms with Gasteiger partial charge in [0, 0.05) is 37.6 Å². The van der Waals surface area contributed by atoms with Crippen molar-refractivity contribution in [2.24, 2.45) is 5.92 Å². The van der Waals surface area contributed by atoms with Crippen LogP contribution in [-0.4, -0.2) is 43.7 Å². The molecular formula is C21H27N7O. The summed E-state index contributed by atoms with van der Waals surface area (Å²) in [6.07, 6.45) is 3.34. The van der Waals surface area contributed by atoms with Crippen molar-refractivity contribution in [1.82, 2.24) is 35.4 Å². The first kappa shape index (κ1) is 19.4. The minimum absolute atomic E-state index is 0.143. The number of nitrogens with zero attached hydrogens (tertiary/aromatic N) is 5. The van der Waals surface area contributed by atoms with Crippen LogP contribution in [0.1, 0.15) is 54.0 Å².